The van der Waals surface area contributed by atoms with Crippen molar-refractivity contribution in [3.63, 3.8) is 0 Å². The second kappa shape index (κ2) is 5.37. The van der Waals surface area contributed by atoms with Crippen LogP contribution < -0.4 is 5.32 Å². The van der Waals surface area contributed by atoms with Crippen LogP contribution >= 0.6 is 15.9 Å². The lowest BCUT2D eigenvalue weighted by atomic mass is 9.74. The van der Waals surface area contributed by atoms with Crippen LogP contribution in [0, 0.1) is 11.3 Å². The number of halogens is 4. The van der Waals surface area contributed by atoms with Gasteiger partial charge >= 0.3 is 12.1 Å². The number of hydrogen-bond acceptors (Lipinski definition) is 2. The van der Waals surface area contributed by atoms with Crippen LogP contribution in [0.3, 0.4) is 0 Å². The molecule has 0 aliphatic carbocycles. The molecule has 0 unspecified atom stereocenters. The van der Waals surface area contributed by atoms with E-state index < -0.39 is 30.0 Å². The Kier molecular flexibility index (Phi) is 4.11. The Hall–Kier alpha value is -1.08. The van der Waals surface area contributed by atoms with Crippen molar-refractivity contribution < 1.29 is 23.1 Å². The first-order chi connectivity index (χ1) is 9.29. The molecular formula is C13H13BrF3NO2. The summed E-state index contributed by atoms with van der Waals surface area (Å²) in [4.78, 5) is 11.3. The van der Waals surface area contributed by atoms with Gasteiger partial charge in [0.25, 0.3) is 0 Å². The minimum atomic E-state index is -4.78. The lowest BCUT2D eigenvalue weighted by Gasteiger charge is -2.32. The number of rotatable bonds is 3. The molecule has 7 heteroatoms. The number of aliphatic carboxylic acids is 1. The van der Waals surface area contributed by atoms with Crippen LogP contribution in [0.1, 0.15) is 5.56 Å². The molecule has 0 amide bonds. The zero-order valence-corrected chi connectivity index (χ0v) is 12.0. The van der Waals surface area contributed by atoms with Gasteiger partial charge in [-0.2, -0.15) is 13.2 Å². The van der Waals surface area contributed by atoms with E-state index in [-0.39, 0.29) is 13.0 Å². The predicted octanol–water partition coefficient (Wildman–Crippen LogP) is 2.84. The van der Waals surface area contributed by atoms with Crippen molar-refractivity contribution >= 4 is 21.9 Å². The third kappa shape index (κ3) is 2.44. The smallest absolute Gasteiger partial charge is 0.406 e. The van der Waals surface area contributed by atoms with Crippen LogP contribution in [0.4, 0.5) is 13.2 Å². The quantitative estimate of drug-likeness (QED) is 0.880. The summed E-state index contributed by atoms with van der Waals surface area (Å²) in [6.07, 6.45) is -4.73. The highest BCUT2D eigenvalue weighted by atomic mass is 79.9. The molecule has 0 saturated carbocycles. The van der Waals surface area contributed by atoms with E-state index in [0.29, 0.717) is 10.0 Å². The Morgan fingerprint density at radius 1 is 1.45 bits per heavy atom. The molecule has 1 saturated heterocycles. The maximum atomic E-state index is 13.3. The number of alkyl halides is 3. The van der Waals surface area contributed by atoms with Crippen molar-refractivity contribution in [3.8, 4) is 0 Å². The molecule has 1 heterocycles. The van der Waals surface area contributed by atoms with Gasteiger partial charge in [-0.15, -0.1) is 0 Å². The maximum absolute atomic E-state index is 13.3. The monoisotopic (exact) mass is 351 g/mol. The van der Waals surface area contributed by atoms with Crippen LogP contribution in [0.15, 0.2) is 28.7 Å². The van der Waals surface area contributed by atoms with Crippen LogP contribution in [0.5, 0.6) is 0 Å². The standard InChI is InChI=1S/C13H13BrF3NO2/c14-10-4-2-1-3-8(10)5-9-6-18-7-12(9,11(19)20)13(15,16)17/h1-4,9,18H,5-7H2,(H,19,20)/t9-,12-/m1/s1. The van der Waals surface area contributed by atoms with Gasteiger partial charge in [0.05, 0.1) is 0 Å². The number of benzene rings is 1. The van der Waals surface area contributed by atoms with E-state index in [4.69, 9.17) is 5.11 Å². The van der Waals surface area contributed by atoms with E-state index >= 15 is 0 Å². The lowest BCUT2D eigenvalue weighted by Crippen LogP contribution is -2.51. The molecule has 3 nitrogen and oxygen atoms in total. The zero-order valence-electron chi connectivity index (χ0n) is 10.4. The molecule has 0 bridgehead atoms. The normalized spacial score (nSPS) is 26.7. The van der Waals surface area contributed by atoms with E-state index in [1.807, 2.05) is 0 Å². The van der Waals surface area contributed by atoms with Crippen molar-refractivity contribution in [2.75, 3.05) is 13.1 Å². The Bertz CT molecular complexity index is 521. The summed E-state index contributed by atoms with van der Waals surface area (Å²) in [7, 11) is 0. The van der Waals surface area contributed by atoms with Gasteiger partial charge in [0, 0.05) is 16.9 Å². The van der Waals surface area contributed by atoms with E-state index in [9.17, 15) is 18.0 Å². The Morgan fingerprint density at radius 2 is 2.10 bits per heavy atom. The first-order valence-electron chi connectivity index (χ1n) is 6.03. The third-order valence-corrected chi connectivity index (χ3v) is 4.58. The Morgan fingerprint density at radius 3 is 2.65 bits per heavy atom. The molecule has 2 rings (SSSR count). The molecule has 20 heavy (non-hydrogen) atoms. The number of carboxylic acid groups (broad SMARTS) is 1. The molecule has 110 valence electrons. The van der Waals surface area contributed by atoms with Crippen molar-refractivity contribution in [1.82, 2.24) is 5.32 Å². The highest BCUT2D eigenvalue weighted by Crippen LogP contribution is 2.48. The summed E-state index contributed by atoms with van der Waals surface area (Å²) in [6, 6.07) is 6.91. The summed E-state index contributed by atoms with van der Waals surface area (Å²) in [6.45, 7) is -0.548. The first-order valence-corrected chi connectivity index (χ1v) is 6.82. The van der Waals surface area contributed by atoms with Crippen molar-refractivity contribution in [3.05, 3.63) is 34.3 Å². The molecule has 2 atom stereocenters. The number of carboxylic acids is 1. The minimum Gasteiger partial charge on any atom is -0.481 e. The number of nitrogens with one attached hydrogen (secondary N) is 1. The average molecular weight is 352 g/mol. The van der Waals surface area contributed by atoms with Crippen LogP contribution in [-0.4, -0.2) is 30.3 Å². The molecule has 1 aliphatic heterocycles. The fourth-order valence-electron chi connectivity index (χ4n) is 2.64. The molecule has 1 fully saturated rings. The summed E-state index contributed by atoms with van der Waals surface area (Å²) >= 11 is 3.28. The third-order valence-electron chi connectivity index (χ3n) is 3.80. The average Bonchev–Trinajstić information content (AvgIpc) is 2.76. The van der Waals surface area contributed by atoms with Crippen molar-refractivity contribution in [2.45, 2.75) is 12.6 Å². The fraction of sp³-hybridized carbons (Fsp3) is 0.462. The molecule has 1 aromatic carbocycles. The summed E-state index contributed by atoms with van der Waals surface area (Å²) in [5.41, 5.74) is -2.04. The van der Waals surface area contributed by atoms with E-state index in [1.54, 1.807) is 24.3 Å². The molecule has 0 spiro atoms. The van der Waals surface area contributed by atoms with Crippen molar-refractivity contribution in [1.29, 1.82) is 0 Å². The summed E-state index contributed by atoms with van der Waals surface area (Å²) in [5.74, 6) is -2.84. The van der Waals surface area contributed by atoms with Crippen LogP contribution in [0.2, 0.25) is 0 Å². The SMILES string of the molecule is O=C(O)[C@@]1(C(F)(F)F)CNC[C@H]1Cc1ccccc1Br. The Balaban J connectivity index is 2.35. The molecule has 1 aromatic rings. The van der Waals surface area contributed by atoms with Gasteiger partial charge < -0.3 is 10.4 Å². The molecule has 0 aromatic heterocycles. The van der Waals surface area contributed by atoms with Gasteiger partial charge in [0.1, 0.15) is 0 Å². The highest BCUT2D eigenvalue weighted by Gasteiger charge is 2.66. The second-order valence-electron chi connectivity index (χ2n) is 4.90. The van der Waals surface area contributed by atoms with E-state index in [2.05, 4.69) is 21.2 Å². The summed E-state index contributed by atoms with van der Waals surface area (Å²) < 4.78 is 40.6. The Labute approximate surface area is 122 Å². The summed E-state index contributed by atoms with van der Waals surface area (Å²) in [5, 5.41) is 11.7. The molecular weight excluding hydrogens is 339 g/mol. The maximum Gasteiger partial charge on any atom is 0.406 e. The van der Waals surface area contributed by atoms with E-state index in [0.717, 1.165) is 0 Å². The fourth-order valence-corrected chi connectivity index (χ4v) is 3.09. The van der Waals surface area contributed by atoms with Gasteiger partial charge in [-0.25, -0.2) is 0 Å². The van der Waals surface area contributed by atoms with Crippen LogP contribution in [0.25, 0.3) is 0 Å². The van der Waals surface area contributed by atoms with Gasteiger partial charge in [0.15, 0.2) is 5.41 Å². The van der Waals surface area contributed by atoms with Gasteiger partial charge in [-0.05, 0) is 24.6 Å². The number of carbonyl (C=O) groups is 1. The van der Waals surface area contributed by atoms with Crippen LogP contribution in [-0.2, 0) is 11.2 Å². The highest BCUT2D eigenvalue weighted by molar-refractivity contribution is 9.10. The molecule has 1 aliphatic rings. The predicted molar refractivity (Wildman–Crippen MR) is 70.3 cm³/mol. The lowest BCUT2D eigenvalue weighted by molar-refractivity contribution is -0.236. The van der Waals surface area contributed by atoms with Gasteiger partial charge in [0.2, 0.25) is 0 Å². The molecule has 0 radical (unpaired) electrons. The first kappa shape index (κ1) is 15.3. The van der Waals surface area contributed by atoms with Gasteiger partial charge in [-0.3, -0.25) is 4.79 Å². The minimum absolute atomic E-state index is 0.0349. The van der Waals surface area contributed by atoms with Crippen molar-refractivity contribution in [2.24, 2.45) is 11.3 Å². The second-order valence-corrected chi connectivity index (χ2v) is 5.75. The topological polar surface area (TPSA) is 49.3 Å². The zero-order chi connectivity index (χ0) is 15.0. The molecule has 2 N–H and O–H groups in total. The number of hydrogen-bond donors (Lipinski definition) is 2. The van der Waals surface area contributed by atoms with E-state index in [1.165, 1.54) is 0 Å². The largest absolute Gasteiger partial charge is 0.481 e. The van der Waals surface area contributed by atoms with Gasteiger partial charge in [-0.1, -0.05) is 34.1 Å².